The zero-order valence-corrected chi connectivity index (χ0v) is 15.2. The van der Waals surface area contributed by atoms with E-state index >= 15 is 0 Å². The molecule has 0 aromatic carbocycles. The van der Waals surface area contributed by atoms with Crippen molar-refractivity contribution in [1.29, 1.82) is 0 Å². The average Bonchev–Trinajstić information content (AvgIpc) is 2.60. The van der Waals surface area contributed by atoms with Gasteiger partial charge < -0.3 is 9.80 Å². The van der Waals surface area contributed by atoms with Gasteiger partial charge in [0.15, 0.2) is 11.6 Å². The van der Waals surface area contributed by atoms with E-state index in [1.54, 1.807) is 12.1 Å². The molecule has 2 aromatic rings. The highest BCUT2D eigenvalue weighted by Crippen LogP contribution is 2.28. The van der Waals surface area contributed by atoms with Gasteiger partial charge in [0.1, 0.15) is 11.6 Å². The van der Waals surface area contributed by atoms with Crippen molar-refractivity contribution in [3.05, 3.63) is 36.2 Å². The Morgan fingerprint density at radius 2 is 1.41 bits per heavy atom. The van der Waals surface area contributed by atoms with Crippen molar-refractivity contribution in [2.24, 2.45) is 0 Å². The Morgan fingerprint density at radius 1 is 0.889 bits per heavy atom. The molecule has 0 spiro atoms. The van der Waals surface area contributed by atoms with Crippen LogP contribution < -0.4 is 9.80 Å². The Kier molecular flexibility index (Phi) is 4.92. The normalized spacial score (nSPS) is 18.7. The Bertz CT molecular complexity index is 804. The lowest BCUT2D eigenvalue weighted by atomic mass is 10.2. The summed E-state index contributed by atoms with van der Waals surface area (Å²) in [6.07, 6.45) is 2.63. The first kappa shape index (κ1) is 19.2. The zero-order valence-electron chi connectivity index (χ0n) is 15.2. The minimum Gasteiger partial charge on any atom is -0.353 e. The van der Waals surface area contributed by atoms with E-state index in [-0.39, 0.29) is 6.04 Å². The molecule has 1 atom stereocenters. The maximum Gasteiger partial charge on any atom is 0.303 e. The topological polar surface area (TPSA) is 58.0 Å². The number of nitrogens with zero attached hydrogens (tertiary/aromatic N) is 6. The Labute approximate surface area is 154 Å². The third-order valence-corrected chi connectivity index (χ3v) is 4.31. The molecular formula is C17H20F4N6. The fraction of sp³-hybridized carbons (Fsp3) is 0.529. The lowest BCUT2D eigenvalue weighted by molar-refractivity contribution is 0.00711. The second-order valence-electron chi connectivity index (χ2n) is 6.74. The molecule has 0 aliphatic carbocycles. The molecule has 0 bridgehead atoms. The maximum atomic E-state index is 13.5. The van der Waals surface area contributed by atoms with Crippen LogP contribution in [0.5, 0.6) is 0 Å². The van der Waals surface area contributed by atoms with Crippen LogP contribution in [0.15, 0.2) is 24.5 Å². The van der Waals surface area contributed by atoms with E-state index in [1.165, 1.54) is 12.4 Å². The predicted octanol–water partition coefficient (Wildman–Crippen LogP) is 3.21. The van der Waals surface area contributed by atoms with Crippen LogP contribution in [-0.4, -0.2) is 45.6 Å². The molecule has 0 amide bonds. The minimum absolute atomic E-state index is 0.0902. The van der Waals surface area contributed by atoms with Crippen LogP contribution in [0.25, 0.3) is 0 Å². The quantitative estimate of drug-likeness (QED) is 0.755. The van der Waals surface area contributed by atoms with Gasteiger partial charge in [-0.2, -0.15) is 17.6 Å². The van der Waals surface area contributed by atoms with Crippen LogP contribution >= 0.6 is 0 Å². The molecule has 1 fully saturated rings. The summed E-state index contributed by atoms with van der Waals surface area (Å²) in [5.74, 6) is -6.47. The van der Waals surface area contributed by atoms with E-state index < -0.39 is 23.5 Å². The van der Waals surface area contributed by atoms with E-state index in [4.69, 9.17) is 0 Å². The van der Waals surface area contributed by atoms with Gasteiger partial charge in [0.2, 0.25) is 0 Å². The summed E-state index contributed by atoms with van der Waals surface area (Å²) in [4.78, 5) is 19.0. The molecule has 3 rings (SSSR count). The first-order valence-corrected chi connectivity index (χ1v) is 8.50. The summed E-state index contributed by atoms with van der Waals surface area (Å²) >= 11 is 0. The van der Waals surface area contributed by atoms with E-state index in [0.717, 1.165) is 13.8 Å². The van der Waals surface area contributed by atoms with E-state index in [0.29, 0.717) is 31.3 Å². The first-order chi connectivity index (χ1) is 12.6. The first-order valence-electron chi connectivity index (χ1n) is 8.50. The zero-order chi connectivity index (χ0) is 19.8. The van der Waals surface area contributed by atoms with Crippen molar-refractivity contribution < 1.29 is 17.6 Å². The molecule has 1 saturated heterocycles. The highest BCUT2D eigenvalue weighted by Gasteiger charge is 2.32. The summed E-state index contributed by atoms with van der Waals surface area (Å²) < 4.78 is 53.9. The van der Waals surface area contributed by atoms with Gasteiger partial charge in [0, 0.05) is 51.9 Å². The van der Waals surface area contributed by atoms with E-state index in [1.807, 2.05) is 16.7 Å². The number of hydrogen-bond donors (Lipinski definition) is 0. The van der Waals surface area contributed by atoms with Crippen molar-refractivity contribution in [3.8, 4) is 0 Å². The van der Waals surface area contributed by atoms with Gasteiger partial charge in [-0.25, -0.2) is 19.9 Å². The number of halogens is 4. The van der Waals surface area contributed by atoms with E-state index in [9.17, 15) is 17.6 Å². The van der Waals surface area contributed by atoms with Crippen LogP contribution in [0.3, 0.4) is 0 Å². The molecule has 0 radical (unpaired) electrons. The molecule has 3 heterocycles. The summed E-state index contributed by atoms with van der Waals surface area (Å²) in [6, 6.07) is 3.08. The number of piperazine rings is 1. The summed E-state index contributed by atoms with van der Waals surface area (Å²) in [7, 11) is 0. The molecule has 0 saturated carbocycles. The summed E-state index contributed by atoms with van der Waals surface area (Å²) in [5.41, 5.74) is 0. The van der Waals surface area contributed by atoms with Gasteiger partial charge in [-0.1, -0.05) is 0 Å². The van der Waals surface area contributed by atoms with Gasteiger partial charge in [-0.15, -0.1) is 0 Å². The van der Waals surface area contributed by atoms with E-state index in [2.05, 4.69) is 19.9 Å². The predicted molar refractivity (Wildman–Crippen MR) is 92.2 cm³/mol. The molecular weight excluding hydrogens is 364 g/mol. The number of anilines is 2. The molecule has 1 aliphatic heterocycles. The van der Waals surface area contributed by atoms with Crippen molar-refractivity contribution in [1.82, 2.24) is 19.9 Å². The largest absolute Gasteiger partial charge is 0.353 e. The Morgan fingerprint density at radius 3 is 1.93 bits per heavy atom. The lowest BCUT2D eigenvalue weighted by Crippen LogP contribution is -2.52. The van der Waals surface area contributed by atoms with Gasteiger partial charge in [0.25, 0.3) is 0 Å². The molecule has 2 aromatic heterocycles. The molecule has 0 unspecified atom stereocenters. The van der Waals surface area contributed by atoms with Crippen LogP contribution in [-0.2, 0) is 11.8 Å². The highest BCUT2D eigenvalue weighted by molar-refractivity contribution is 5.46. The fourth-order valence-electron chi connectivity index (χ4n) is 2.96. The average molecular weight is 384 g/mol. The third-order valence-electron chi connectivity index (χ3n) is 4.31. The SMILES string of the molecule is C[C@@H]1CN(c2ccnc(C(C)(F)F)n2)CCN1c1ccnc(C(C)(F)F)n1. The number of hydrogen-bond acceptors (Lipinski definition) is 6. The van der Waals surface area contributed by atoms with Crippen molar-refractivity contribution >= 4 is 11.6 Å². The smallest absolute Gasteiger partial charge is 0.303 e. The molecule has 27 heavy (non-hydrogen) atoms. The summed E-state index contributed by atoms with van der Waals surface area (Å²) in [6.45, 7) is 4.86. The number of rotatable bonds is 4. The molecule has 146 valence electrons. The fourth-order valence-corrected chi connectivity index (χ4v) is 2.96. The number of alkyl halides is 4. The molecule has 0 N–H and O–H groups in total. The highest BCUT2D eigenvalue weighted by atomic mass is 19.3. The molecule has 1 aliphatic rings. The minimum atomic E-state index is -3.12. The van der Waals surface area contributed by atoms with Crippen LogP contribution in [0.2, 0.25) is 0 Å². The maximum absolute atomic E-state index is 13.5. The van der Waals surface area contributed by atoms with Crippen molar-refractivity contribution in [2.45, 2.75) is 38.7 Å². The van der Waals surface area contributed by atoms with Gasteiger partial charge >= 0.3 is 11.8 Å². The van der Waals surface area contributed by atoms with Crippen molar-refractivity contribution in [2.75, 3.05) is 29.4 Å². The van der Waals surface area contributed by atoms with Crippen LogP contribution in [0.1, 0.15) is 32.4 Å². The standard InChI is InChI=1S/C17H20F4N6/c1-11-10-26(12-4-6-22-14(24-12)16(2,18)19)8-9-27(11)13-5-7-23-15(25-13)17(3,20)21/h4-7,11H,8-10H2,1-3H3/t11-/m1/s1. The number of aromatic nitrogens is 4. The molecule has 10 heteroatoms. The van der Waals surface area contributed by atoms with Gasteiger partial charge in [-0.3, -0.25) is 0 Å². The Balaban J connectivity index is 1.77. The van der Waals surface area contributed by atoms with Crippen LogP contribution in [0, 0.1) is 0 Å². The van der Waals surface area contributed by atoms with Gasteiger partial charge in [-0.05, 0) is 19.1 Å². The second-order valence-corrected chi connectivity index (χ2v) is 6.74. The second kappa shape index (κ2) is 6.90. The van der Waals surface area contributed by atoms with Gasteiger partial charge in [0.05, 0.1) is 0 Å². The summed E-state index contributed by atoms with van der Waals surface area (Å²) in [5, 5.41) is 0. The Hall–Kier alpha value is -2.52. The third kappa shape index (κ3) is 4.25. The van der Waals surface area contributed by atoms with Crippen LogP contribution in [0.4, 0.5) is 29.2 Å². The van der Waals surface area contributed by atoms with Crippen molar-refractivity contribution in [3.63, 3.8) is 0 Å². The lowest BCUT2D eigenvalue weighted by Gasteiger charge is -2.41. The molecule has 6 nitrogen and oxygen atoms in total. The monoisotopic (exact) mass is 384 g/mol.